The summed E-state index contributed by atoms with van der Waals surface area (Å²) in [5.41, 5.74) is 2.54. The van der Waals surface area contributed by atoms with Gasteiger partial charge in [0.1, 0.15) is 12.6 Å². The highest BCUT2D eigenvalue weighted by molar-refractivity contribution is 7.92. The van der Waals surface area contributed by atoms with Crippen LogP contribution in [0.1, 0.15) is 30.0 Å². The summed E-state index contributed by atoms with van der Waals surface area (Å²) >= 11 is 12.4. The molecule has 0 aliphatic heterocycles. The molecular weight excluding hydrogens is 545 g/mol. The van der Waals surface area contributed by atoms with Gasteiger partial charge in [0.15, 0.2) is 0 Å². The van der Waals surface area contributed by atoms with Gasteiger partial charge in [-0.3, -0.25) is 13.9 Å². The second-order valence-corrected chi connectivity index (χ2v) is 11.6. The average Bonchev–Trinajstić information content (AvgIpc) is 2.88. The maximum atomic E-state index is 13.9. The number of nitrogens with one attached hydrogen (secondary N) is 1. The molecule has 0 aliphatic carbocycles. The number of sulfonamides is 1. The van der Waals surface area contributed by atoms with Crippen molar-refractivity contribution in [2.24, 2.45) is 0 Å². The van der Waals surface area contributed by atoms with E-state index in [1.807, 2.05) is 6.92 Å². The molecule has 0 spiro atoms. The Bertz CT molecular complexity index is 1410. The van der Waals surface area contributed by atoms with Crippen LogP contribution in [0.3, 0.4) is 0 Å². The van der Waals surface area contributed by atoms with E-state index < -0.39 is 28.5 Å². The summed E-state index contributed by atoms with van der Waals surface area (Å²) in [7, 11) is -2.63. The van der Waals surface area contributed by atoms with Gasteiger partial charge in [0.05, 0.1) is 10.6 Å². The number of anilines is 1. The maximum absolute atomic E-state index is 13.9. The number of carbonyl (C=O) groups excluding carboxylic acids is 2. The van der Waals surface area contributed by atoms with E-state index in [1.165, 1.54) is 24.1 Å². The number of amides is 2. The highest BCUT2D eigenvalue weighted by Crippen LogP contribution is 2.28. The normalized spacial score (nSPS) is 12.1. The second-order valence-electron chi connectivity index (χ2n) is 8.91. The SMILES string of the molecule is CC[C@H](C(=O)NC)N(Cc1ccc(Cl)cc1Cl)C(=O)CN(c1ccccc1C)S(=O)(=O)c1ccc(C)cc1. The van der Waals surface area contributed by atoms with Crippen LogP contribution in [0.25, 0.3) is 0 Å². The summed E-state index contributed by atoms with van der Waals surface area (Å²) in [6.45, 7) is 4.91. The van der Waals surface area contributed by atoms with Crippen molar-refractivity contribution in [2.45, 2.75) is 44.7 Å². The lowest BCUT2D eigenvalue weighted by atomic mass is 10.1. The molecule has 3 aromatic rings. The summed E-state index contributed by atoms with van der Waals surface area (Å²) in [5.74, 6) is -0.917. The van der Waals surface area contributed by atoms with Gasteiger partial charge >= 0.3 is 0 Å². The predicted molar refractivity (Wildman–Crippen MR) is 152 cm³/mol. The highest BCUT2D eigenvalue weighted by Gasteiger charge is 2.34. The zero-order chi connectivity index (χ0) is 28.0. The predicted octanol–water partition coefficient (Wildman–Crippen LogP) is 5.36. The molecule has 0 radical (unpaired) electrons. The minimum Gasteiger partial charge on any atom is -0.357 e. The zero-order valence-corrected chi connectivity index (χ0v) is 24.1. The second kappa shape index (κ2) is 12.7. The van der Waals surface area contributed by atoms with Crippen LogP contribution in [-0.4, -0.2) is 44.8 Å². The quantitative estimate of drug-likeness (QED) is 0.352. The van der Waals surface area contributed by atoms with Gasteiger partial charge < -0.3 is 10.2 Å². The molecule has 0 unspecified atom stereocenters. The molecule has 10 heteroatoms. The number of rotatable bonds is 10. The van der Waals surface area contributed by atoms with E-state index >= 15 is 0 Å². The fraction of sp³-hybridized carbons (Fsp3) is 0.286. The Labute approximate surface area is 234 Å². The van der Waals surface area contributed by atoms with Crippen LogP contribution in [0, 0.1) is 13.8 Å². The maximum Gasteiger partial charge on any atom is 0.264 e. The number of nitrogens with zero attached hydrogens (tertiary/aromatic N) is 2. The topological polar surface area (TPSA) is 86.8 Å². The van der Waals surface area contributed by atoms with Crippen LogP contribution >= 0.6 is 23.2 Å². The summed E-state index contributed by atoms with van der Waals surface area (Å²) in [6, 6.07) is 17.4. The van der Waals surface area contributed by atoms with Crippen LogP contribution in [0.15, 0.2) is 71.6 Å². The van der Waals surface area contributed by atoms with Crippen LogP contribution in [0.2, 0.25) is 10.0 Å². The van der Waals surface area contributed by atoms with Crippen molar-refractivity contribution < 1.29 is 18.0 Å². The van der Waals surface area contributed by atoms with E-state index in [1.54, 1.807) is 68.4 Å². The number of carbonyl (C=O) groups is 2. The van der Waals surface area contributed by atoms with Crippen molar-refractivity contribution in [2.75, 3.05) is 17.9 Å². The van der Waals surface area contributed by atoms with E-state index in [0.717, 1.165) is 9.87 Å². The molecular formula is C28H31Cl2N3O4S. The zero-order valence-electron chi connectivity index (χ0n) is 21.7. The standard InChI is InChI=1S/C28H31Cl2N3O4S/c1-5-25(28(35)31-4)32(17-21-12-13-22(29)16-24(21)30)27(34)18-33(26-9-7-6-8-20(26)3)38(36,37)23-14-10-19(2)11-15-23/h6-16,25H,5,17-18H2,1-4H3,(H,31,35)/t25-/m1/s1. The number of halogens is 2. The first kappa shape index (κ1) is 29.5. The molecule has 3 rings (SSSR count). The molecule has 0 fully saturated rings. The number of hydrogen-bond acceptors (Lipinski definition) is 4. The third-order valence-electron chi connectivity index (χ3n) is 6.26. The average molecular weight is 577 g/mol. The largest absolute Gasteiger partial charge is 0.357 e. The van der Waals surface area contributed by atoms with Crippen molar-refractivity contribution in [1.29, 1.82) is 0 Å². The van der Waals surface area contributed by atoms with Crippen molar-refractivity contribution in [3.63, 3.8) is 0 Å². The molecule has 1 N–H and O–H groups in total. The van der Waals surface area contributed by atoms with E-state index in [0.29, 0.717) is 33.3 Å². The third kappa shape index (κ3) is 6.67. The van der Waals surface area contributed by atoms with Gasteiger partial charge in [-0.1, -0.05) is 72.1 Å². The van der Waals surface area contributed by atoms with Crippen LogP contribution in [-0.2, 0) is 26.2 Å². The Balaban J connectivity index is 2.09. The molecule has 7 nitrogen and oxygen atoms in total. The summed E-state index contributed by atoms with van der Waals surface area (Å²) in [5, 5.41) is 3.37. The van der Waals surface area contributed by atoms with Gasteiger partial charge in [-0.25, -0.2) is 8.42 Å². The number of aryl methyl sites for hydroxylation is 2. The first-order valence-corrected chi connectivity index (χ1v) is 14.3. The minimum absolute atomic E-state index is 0.00699. The van der Waals surface area contributed by atoms with E-state index in [9.17, 15) is 18.0 Å². The molecule has 0 aliphatic rings. The molecule has 3 aromatic carbocycles. The molecule has 1 atom stereocenters. The first-order chi connectivity index (χ1) is 18.0. The molecule has 0 heterocycles. The minimum atomic E-state index is -4.13. The highest BCUT2D eigenvalue weighted by atomic mass is 35.5. The number of hydrogen-bond donors (Lipinski definition) is 1. The third-order valence-corrected chi connectivity index (χ3v) is 8.62. The lowest BCUT2D eigenvalue weighted by Gasteiger charge is -2.33. The fourth-order valence-corrected chi connectivity index (χ4v) is 6.06. The monoisotopic (exact) mass is 575 g/mol. The Morgan fingerprint density at radius 3 is 2.21 bits per heavy atom. The lowest BCUT2D eigenvalue weighted by molar-refractivity contribution is -0.140. The summed E-state index contributed by atoms with van der Waals surface area (Å²) < 4.78 is 28.8. The first-order valence-electron chi connectivity index (χ1n) is 12.1. The van der Waals surface area contributed by atoms with Crippen LogP contribution in [0.4, 0.5) is 5.69 Å². The molecule has 38 heavy (non-hydrogen) atoms. The number of likely N-dealkylation sites (N-methyl/N-ethyl adjacent to an activating group) is 1. The van der Waals surface area contributed by atoms with Gasteiger partial charge in [0, 0.05) is 23.6 Å². The van der Waals surface area contributed by atoms with Gasteiger partial charge in [-0.05, 0) is 61.7 Å². The van der Waals surface area contributed by atoms with Crippen molar-refractivity contribution in [1.82, 2.24) is 10.2 Å². The lowest BCUT2D eigenvalue weighted by Crippen LogP contribution is -2.51. The Kier molecular flexibility index (Phi) is 9.82. The van der Waals surface area contributed by atoms with Crippen LogP contribution < -0.4 is 9.62 Å². The van der Waals surface area contributed by atoms with Gasteiger partial charge in [-0.2, -0.15) is 0 Å². The van der Waals surface area contributed by atoms with Crippen molar-refractivity contribution in [3.05, 3.63) is 93.5 Å². The molecule has 0 aromatic heterocycles. The Hall–Kier alpha value is -3.07. The van der Waals surface area contributed by atoms with Gasteiger partial charge in [0.2, 0.25) is 11.8 Å². The molecule has 202 valence electrons. The van der Waals surface area contributed by atoms with Crippen molar-refractivity contribution in [3.8, 4) is 0 Å². The Morgan fingerprint density at radius 1 is 0.974 bits per heavy atom. The molecule has 0 saturated carbocycles. The molecule has 2 amide bonds. The van der Waals surface area contributed by atoms with Crippen LogP contribution in [0.5, 0.6) is 0 Å². The van der Waals surface area contributed by atoms with E-state index in [4.69, 9.17) is 23.2 Å². The fourth-order valence-electron chi connectivity index (χ4n) is 4.11. The summed E-state index contributed by atoms with van der Waals surface area (Å²) in [6.07, 6.45) is 0.311. The van der Waals surface area contributed by atoms with Crippen molar-refractivity contribution >= 4 is 50.7 Å². The molecule has 0 bridgehead atoms. The Morgan fingerprint density at radius 2 is 1.63 bits per heavy atom. The smallest absolute Gasteiger partial charge is 0.264 e. The van der Waals surface area contributed by atoms with Gasteiger partial charge in [-0.15, -0.1) is 0 Å². The number of benzene rings is 3. The van der Waals surface area contributed by atoms with Gasteiger partial charge in [0.25, 0.3) is 10.0 Å². The van der Waals surface area contributed by atoms with E-state index in [-0.39, 0.29) is 17.3 Å². The molecule has 0 saturated heterocycles. The summed E-state index contributed by atoms with van der Waals surface area (Å²) in [4.78, 5) is 28.2. The van der Waals surface area contributed by atoms with E-state index in [2.05, 4.69) is 5.32 Å². The number of para-hydroxylation sites is 1.